The maximum Gasteiger partial charge on any atom is 0.171 e. The molecule has 0 aromatic rings. The van der Waals surface area contributed by atoms with Crippen LogP contribution in [-0.2, 0) is 14.3 Å². The molecule has 134 valence electrons. The number of carbonyl (C=O) groups excluding carboxylic acids is 1. The smallest absolute Gasteiger partial charge is 0.171 e. The van der Waals surface area contributed by atoms with Crippen LogP contribution >= 0.6 is 0 Å². The number of rotatable bonds is 2. The zero-order chi connectivity index (χ0) is 17.1. The largest absolute Gasteiger partial charge is 0.353 e. The fourth-order valence-corrected chi connectivity index (χ4v) is 6.80. The predicted octanol–water partition coefficient (Wildman–Crippen LogP) is 4.51. The number of ketones is 1. The third-order valence-electron chi connectivity index (χ3n) is 8.17. The van der Waals surface area contributed by atoms with Crippen molar-refractivity contribution in [2.75, 3.05) is 14.2 Å². The molecule has 0 spiro atoms. The predicted molar refractivity (Wildman–Crippen MR) is 93.5 cm³/mol. The van der Waals surface area contributed by atoms with Crippen molar-refractivity contribution in [3.8, 4) is 0 Å². The third-order valence-corrected chi connectivity index (χ3v) is 8.17. The summed E-state index contributed by atoms with van der Waals surface area (Å²) in [5, 5.41) is 0. The number of carbonyl (C=O) groups is 1. The zero-order valence-corrected chi connectivity index (χ0v) is 15.7. The molecule has 0 aromatic heterocycles. The van der Waals surface area contributed by atoms with Crippen molar-refractivity contribution in [1.29, 1.82) is 0 Å². The van der Waals surface area contributed by atoms with Gasteiger partial charge in [-0.05, 0) is 55.8 Å². The minimum atomic E-state index is -0.405. The molecule has 0 radical (unpaired) electrons. The van der Waals surface area contributed by atoms with Crippen LogP contribution in [0.15, 0.2) is 11.1 Å². The van der Waals surface area contributed by atoms with Gasteiger partial charge in [0.1, 0.15) is 5.78 Å². The summed E-state index contributed by atoms with van der Waals surface area (Å²) >= 11 is 0. The van der Waals surface area contributed by atoms with Gasteiger partial charge in [-0.1, -0.05) is 25.0 Å². The highest BCUT2D eigenvalue weighted by Crippen LogP contribution is 2.61. The van der Waals surface area contributed by atoms with E-state index in [2.05, 4.69) is 13.8 Å². The topological polar surface area (TPSA) is 35.5 Å². The van der Waals surface area contributed by atoms with Gasteiger partial charge in [-0.3, -0.25) is 4.79 Å². The summed E-state index contributed by atoms with van der Waals surface area (Å²) in [7, 11) is 3.56. The van der Waals surface area contributed by atoms with Crippen LogP contribution in [0.3, 0.4) is 0 Å². The number of fused-ring (bicyclic) bond motifs is 4. The van der Waals surface area contributed by atoms with E-state index in [-0.39, 0.29) is 5.41 Å². The summed E-state index contributed by atoms with van der Waals surface area (Å²) in [6.07, 6.45) is 8.44. The summed E-state index contributed by atoms with van der Waals surface area (Å²) in [4.78, 5) is 12.5. The average Bonchev–Trinajstić information content (AvgIpc) is 2.89. The first-order valence-electron chi connectivity index (χ1n) is 9.78. The van der Waals surface area contributed by atoms with E-state index in [9.17, 15) is 4.79 Å². The molecular weight excluding hydrogens is 300 g/mol. The Bertz CT molecular complexity index is 574. The monoisotopic (exact) mass is 332 g/mol. The highest BCUT2D eigenvalue weighted by Gasteiger charge is 2.57. The first-order chi connectivity index (χ1) is 11.4. The molecule has 0 amide bonds. The van der Waals surface area contributed by atoms with Crippen LogP contribution in [0.1, 0.15) is 65.2 Å². The highest BCUT2D eigenvalue weighted by molar-refractivity contribution is 5.87. The lowest BCUT2D eigenvalue weighted by Gasteiger charge is -2.53. The maximum atomic E-state index is 12.5. The van der Waals surface area contributed by atoms with Crippen LogP contribution < -0.4 is 0 Å². The second-order valence-corrected chi connectivity index (χ2v) is 9.01. The van der Waals surface area contributed by atoms with E-state index < -0.39 is 5.79 Å². The molecular formula is C21H32O3. The van der Waals surface area contributed by atoms with E-state index in [4.69, 9.17) is 9.47 Å². The van der Waals surface area contributed by atoms with Crippen molar-refractivity contribution >= 4 is 5.78 Å². The van der Waals surface area contributed by atoms with E-state index in [1.54, 1.807) is 25.4 Å². The number of hydrogen-bond donors (Lipinski definition) is 0. The molecule has 3 nitrogen and oxygen atoms in total. The van der Waals surface area contributed by atoms with Crippen LogP contribution in [0.4, 0.5) is 0 Å². The lowest BCUT2D eigenvalue weighted by Crippen LogP contribution is -2.48. The third kappa shape index (κ3) is 2.20. The van der Waals surface area contributed by atoms with Gasteiger partial charge in [0.05, 0.1) is 0 Å². The summed E-state index contributed by atoms with van der Waals surface area (Å²) in [5.41, 5.74) is 3.29. The second-order valence-electron chi connectivity index (χ2n) is 9.01. The Morgan fingerprint density at radius 3 is 2.54 bits per heavy atom. The van der Waals surface area contributed by atoms with Gasteiger partial charge >= 0.3 is 0 Å². The van der Waals surface area contributed by atoms with Crippen molar-refractivity contribution < 1.29 is 14.3 Å². The molecule has 4 unspecified atom stereocenters. The molecule has 3 heteroatoms. The minimum Gasteiger partial charge on any atom is -0.353 e. The van der Waals surface area contributed by atoms with Gasteiger partial charge in [-0.2, -0.15) is 0 Å². The zero-order valence-electron chi connectivity index (χ0n) is 15.7. The first-order valence-corrected chi connectivity index (χ1v) is 9.78. The fraction of sp³-hybridized carbons (Fsp3) is 0.857. The Balaban J connectivity index is 1.66. The summed E-state index contributed by atoms with van der Waals surface area (Å²) in [6, 6.07) is 0. The number of methoxy groups -OCH3 is 2. The van der Waals surface area contributed by atoms with Crippen molar-refractivity contribution in [3.05, 3.63) is 11.1 Å². The molecule has 24 heavy (non-hydrogen) atoms. The van der Waals surface area contributed by atoms with E-state index in [0.29, 0.717) is 29.5 Å². The van der Waals surface area contributed by atoms with Crippen molar-refractivity contribution in [2.45, 2.75) is 71.0 Å². The summed E-state index contributed by atoms with van der Waals surface area (Å²) in [6.45, 7) is 4.69. The molecule has 4 rings (SSSR count). The summed E-state index contributed by atoms with van der Waals surface area (Å²) < 4.78 is 11.5. The number of ether oxygens (including phenoxy) is 2. The fourth-order valence-electron chi connectivity index (χ4n) is 6.80. The lowest BCUT2D eigenvalue weighted by molar-refractivity contribution is -0.213. The Morgan fingerprint density at radius 2 is 1.83 bits per heavy atom. The van der Waals surface area contributed by atoms with Crippen molar-refractivity contribution in [1.82, 2.24) is 0 Å². The highest BCUT2D eigenvalue weighted by atomic mass is 16.7. The molecule has 2 fully saturated rings. The standard InChI is InChI=1S/C21H32O3/c1-13-11-14-12-21(23-3,24-4)10-8-15(14)16-7-9-20(2)17(19(13)16)5-6-18(20)22/h13,16-17,19H,5-12H2,1-4H3/t13?,16?,17?,19?,20-/m0/s1. The number of hydrogen-bond acceptors (Lipinski definition) is 3. The summed E-state index contributed by atoms with van der Waals surface area (Å²) in [5.74, 6) is 2.85. The Labute approximate surface area is 146 Å². The molecule has 2 saturated carbocycles. The molecule has 4 aliphatic rings. The molecule has 5 atom stereocenters. The molecule has 4 aliphatic carbocycles. The minimum absolute atomic E-state index is 0.0228. The van der Waals surface area contributed by atoms with Gasteiger partial charge in [0.15, 0.2) is 5.79 Å². The first kappa shape index (κ1) is 16.8. The van der Waals surface area contributed by atoms with Crippen LogP contribution in [0, 0.1) is 29.1 Å². The van der Waals surface area contributed by atoms with E-state index in [1.807, 2.05) is 0 Å². The Kier molecular flexibility index (Phi) is 3.96. The Hall–Kier alpha value is -0.670. The molecule has 0 N–H and O–H groups in total. The normalized spacial score (nSPS) is 44.1. The maximum absolute atomic E-state index is 12.5. The van der Waals surface area contributed by atoms with Gasteiger partial charge in [0.25, 0.3) is 0 Å². The Morgan fingerprint density at radius 1 is 1.08 bits per heavy atom. The molecule has 0 aliphatic heterocycles. The van der Waals surface area contributed by atoms with Crippen LogP contribution in [0.2, 0.25) is 0 Å². The van der Waals surface area contributed by atoms with Crippen LogP contribution in [0.25, 0.3) is 0 Å². The van der Waals surface area contributed by atoms with Crippen molar-refractivity contribution in [3.63, 3.8) is 0 Å². The molecule has 0 bridgehead atoms. The SMILES string of the molecule is COC1(OC)CCC2=C(CC(C)C3C2CC[C@]2(C)C(=O)CCC32)C1. The molecule has 0 aromatic carbocycles. The lowest BCUT2D eigenvalue weighted by atomic mass is 9.51. The van der Waals surface area contributed by atoms with Crippen molar-refractivity contribution in [2.24, 2.45) is 29.1 Å². The van der Waals surface area contributed by atoms with Gasteiger partial charge in [0.2, 0.25) is 0 Å². The van der Waals surface area contributed by atoms with E-state index in [1.165, 1.54) is 12.8 Å². The van der Waals surface area contributed by atoms with Gasteiger partial charge in [-0.25, -0.2) is 0 Å². The van der Waals surface area contributed by atoms with E-state index >= 15 is 0 Å². The van der Waals surface area contributed by atoms with Gasteiger partial charge in [-0.15, -0.1) is 0 Å². The second kappa shape index (κ2) is 5.67. The average molecular weight is 332 g/mol. The van der Waals surface area contributed by atoms with Crippen LogP contribution in [-0.4, -0.2) is 25.8 Å². The van der Waals surface area contributed by atoms with E-state index in [0.717, 1.165) is 38.5 Å². The molecule has 0 saturated heterocycles. The van der Waals surface area contributed by atoms with Gasteiger partial charge in [0, 0.05) is 38.9 Å². The van der Waals surface area contributed by atoms with Gasteiger partial charge < -0.3 is 9.47 Å². The number of Topliss-reactive ketones (excluding diaryl/α,β-unsaturated/α-hetero) is 1. The van der Waals surface area contributed by atoms with Crippen LogP contribution in [0.5, 0.6) is 0 Å². The number of allylic oxidation sites excluding steroid dienone is 1. The molecule has 0 heterocycles. The quantitative estimate of drug-likeness (QED) is 0.551.